The van der Waals surface area contributed by atoms with Crippen LogP contribution in [0.25, 0.3) is 0 Å². The molecule has 0 aromatic heterocycles. The number of aliphatic hydroxyl groups excluding tert-OH is 1. The molecule has 4 heteroatoms. The number of likely N-dealkylation sites (N-methyl/N-ethyl adjacent to an activating group) is 1. The maximum atomic E-state index is 9.17. The standard InChI is InChI=1S/C14H24N2O2/c1-14(2,16-9-11(10-17)15-3)12-7-5-6-8-13(12)18-4/h5-8,11,15-17H,9-10H2,1-4H3/t11-/m1/s1. The zero-order valence-corrected chi connectivity index (χ0v) is 11.7. The predicted octanol–water partition coefficient (Wildman–Crippen LogP) is 1.10. The Labute approximate surface area is 109 Å². The minimum atomic E-state index is -0.211. The maximum Gasteiger partial charge on any atom is 0.123 e. The zero-order valence-electron chi connectivity index (χ0n) is 11.7. The third kappa shape index (κ3) is 3.70. The first-order valence-electron chi connectivity index (χ1n) is 6.21. The van der Waals surface area contributed by atoms with E-state index in [9.17, 15) is 0 Å². The molecule has 0 fully saturated rings. The summed E-state index contributed by atoms with van der Waals surface area (Å²) in [4.78, 5) is 0. The Morgan fingerprint density at radius 1 is 1.33 bits per heavy atom. The van der Waals surface area contributed by atoms with Gasteiger partial charge in [0.15, 0.2) is 0 Å². The van der Waals surface area contributed by atoms with Crippen LogP contribution in [0.4, 0.5) is 0 Å². The van der Waals surface area contributed by atoms with Crippen molar-refractivity contribution in [2.45, 2.75) is 25.4 Å². The van der Waals surface area contributed by atoms with Crippen molar-refractivity contribution in [2.24, 2.45) is 0 Å². The molecule has 1 aromatic carbocycles. The van der Waals surface area contributed by atoms with Crippen LogP contribution in [-0.4, -0.2) is 38.5 Å². The van der Waals surface area contributed by atoms with Crippen molar-refractivity contribution in [3.05, 3.63) is 29.8 Å². The van der Waals surface area contributed by atoms with Gasteiger partial charge in [-0.2, -0.15) is 0 Å². The summed E-state index contributed by atoms with van der Waals surface area (Å²) in [5.74, 6) is 0.875. The first kappa shape index (κ1) is 15.0. The highest BCUT2D eigenvalue weighted by Gasteiger charge is 2.24. The molecule has 3 N–H and O–H groups in total. The molecule has 0 bridgehead atoms. The Morgan fingerprint density at radius 2 is 2.00 bits per heavy atom. The summed E-state index contributed by atoms with van der Waals surface area (Å²) in [6.07, 6.45) is 0. The maximum absolute atomic E-state index is 9.17. The summed E-state index contributed by atoms with van der Waals surface area (Å²) in [6.45, 7) is 5.02. The van der Waals surface area contributed by atoms with Crippen molar-refractivity contribution in [1.82, 2.24) is 10.6 Å². The van der Waals surface area contributed by atoms with E-state index in [-0.39, 0.29) is 18.2 Å². The number of aliphatic hydroxyl groups is 1. The Hall–Kier alpha value is -1.10. The summed E-state index contributed by atoms with van der Waals surface area (Å²) < 4.78 is 5.39. The highest BCUT2D eigenvalue weighted by molar-refractivity contribution is 5.38. The monoisotopic (exact) mass is 252 g/mol. The Kier molecular flexibility index (Phi) is 5.59. The molecule has 0 amide bonds. The van der Waals surface area contributed by atoms with Gasteiger partial charge in [-0.15, -0.1) is 0 Å². The van der Waals surface area contributed by atoms with Gasteiger partial charge in [-0.25, -0.2) is 0 Å². The van der Waals surface area contributed by atoms with E-state index in [2.05, 4.69) is 30.5 Å². The number of nitrogens with one attached hydrogen (secondary N) is 2. The molecule has 0 unspecified atom stereocenters. The van der Waals surface area contributed by atoms with Crippen molar-refractivity contribution in [3.8, 4) is 5.75 Å². The van der Waals surface area contributed by atoms with E-state index < -0.39 is 0 Å². The molecule has 0 radical (unpaired) electrons. The van der Waals surface area contributed by atoms with Crippen LogP contribution < -0.4 is 15.4 Å². The molecule has 18 heavy (non-hydrogen) atoms. The third-order valence-corrected chi connectivity index (χ3v) is 3.20. The van der Waals surface area contributed by atoms with E-state index in [0.717, 1.165) is 11.3 Å². The molecule has 4 nitrogen and oxygen atoms in total. The zero-order chi connectivity index (χ0) is 13.6. The molecule has 1 rings (SSSR count). The van der Waals surface area contributed by atoms with Crippen LogP contribution in [0.2, 0.25) is 0 Å². The van der Waals surface area contributed by atoms with Crippen molar-refractivity contribution in [1.29, 1.82) is 0 Å². The van der Waals surface area contributed by atoms with E-state index in [1.165, 1.54) is 0 Å². The number of para-hydroxylation sites is 1. The summed E-state index contributed by atoms with van der Waals surface area (Å²) in [5.41, 5.74) is 0.900. The number of methoxy groups -OCH3 is 1. The van der Waals surface area contributed by atoms with Gasteiger partial charge in [0, 0.05) is 23.7 Å². The highest BCUT2D eigenvalue weighted by Crippen LogP contribution is 2.29. The van der Waals surface area contributed by atoms with Crippen LogP contribution in [-0.2, 0) is 5.54 Å². The van der Waals surface area contributed by atoms with Crippen LogP contribution in [0.1, 0.15) is 19.4 Å². The number of ether oxygens (including phenoxy) is 1. The molecule has 1 atom stereocenters. The first-order chi connectivity index (χ1) is 8.55. The third-order valence-electron chi connectivity index (χ3n) is 3.20. The molecule has 0 saturated carbocycles. The summed E-state index contributed by atoms with van der Waals surface area (Å²) in [7, 11) is 3.53. The first-order valence-corrected chi connectivity index (χ1v) is 6.21. The molecule has 0 saturated heterocycles. The van der Waals surface area contributed by atoms with Crippen LogP contribution >= 0.6 is 0 Å². The topological polar surface area (TPSA) is 53.5 Å². The summed E-state index contributed by atoms with van der Waals surface area (Å²) in [5, 5.41) is 15.7. The average molecular weight is 252 g/mol. The van der Waals surface area contributed by atoms with Crippen LogP contribution in [0, 0.1) is 0 Å². The minimum absolute atomic E-state index is 0.0546. The lowest BCUT2D eigenvalue weighted by molar-refractivity contribution is 0.233. The Balaban J connectivity index is 2.78. The smallest absolute Gasteiger partial charge is 0.123 e. The number of benzene rings is 1. The van der Waals surface area contributed by atoms with Gasteiger partial charge < -0.3 is 20.5 Å². The fraction of sp³-hybridized carbons (Fsp3) is 0.571. The van der Waals surface area contributed by atoms with Crippen LogP contribution in [0.3, 0.4) is 0 Å². The second-order valence-corrected chi connectivity index (χ2v) is 4.87. The molecule has 102 valence electrons. The van der Waals surface area contributed by atoms with Gasteiger partial charge in [0.05, 0.1) is 13.7 Å². The lowest BCUT2D eigenvalue weighted by atomic mass is 9.93. The summed E-state index contributed by atoms with van der Waals surface area (Å²) in [6, 6.07) is 8.03. The number of rotatable bonds is 7. The second kappa shape index (κ2) is 6.73. The van der Waals surface area contributed by atoms with Gasteiger partial charge >= 0.3 is 0 Å². The highest BCUT2D eigenvalue weighted by atomic mass is 16.5. The van der Waals surface area contributed by atoms with Crippen molar-refractivity contribution < 1.29 is 9.84 Å². The minimum Gasteiger partial charge on any atom is -0.496 e. The van der Waals surface area contributed by atoms with Gasteiger partial charge in [0.1, 0.15) is 5.75 Å². The van der Waals surface area contributed by atoms with Gasteiger partial charge in [-0.1, -0.05) is 18.2 Å². The van der Waals surface area contributed by atoms with Gasteiger partial charge in [-0.05, 0) is 27.0 Å². The lowest BCUT2D eigenvalue weighted by Crippen LogP contribution is -2.46. The Bertz CT molecular complexity index is 363. The average Bonchev–Trinajstić information content (AvgIpc) is 2.39. The van der Waals surface area contributed by atoms with Gasteiger partial charge in [0.2, 0.25) is 0 Å². The lowest BCUT2D eigenvalue weighted by Gasteiger charge is -2.30. The molecule has 0 heterocycles. The predicted molar refractivity (Wildman–Crippen MR) is 74.0 cm³/mol. The fourth-order valence-corrected chi connectivity index (χ4v) is 1.89. The molecule has 0 spiro atoms. The van der Waals surface area contributed by atoms with Gasteiger partial charge in [0.25, 0.3) is 0 Å². The normalized spacial score (nSPS) is 13.4. The van der Waals surface area contributed by atoms with Crippen molar-refractivity contribution in [2.75, 3.05) is 27.3 Å². The van der Waals surface area contributed by atoms with E-state index >= 15 is 0 Å². The second-order valence-electron chi connectivity index (χ2n) is 4.87. The van der Waals surface area contributed by atoms with Crippen LogP contribution in [0.5, 0.6) is 5.75 Å². The Morgan fingerprint density at radius 3 is 2.56 bits per heavy atom. The van der Waals surface area contributed by atoms with Crippen molar-refractivity contribution >= 4 is 0 Å². The SMILES string of the molecule is CN[C@@H](CO)CNC(C)(C)c1ccccc1OC. The molecule has 1 aromatic rings. The van der Waals surface area contributed by atoms with Crippen LogP contribution in [0.15, 0.2) is 24.3 Å². The fourth-order valence-electron chi connectivity index (χ4n) is 1.89. The summed E-state index contributed by atoms with van der Waals surface area (Å²) >= 11 is 0. The number of hydrogen-bond donors (Lipinski definition) is 3. The van der Waals surface area contributed by atoms with Crippen molar-refractivity contribution in [3.63, 3.8) is 0 Å². The van der Waals surface area contributed by atoms with E-state index in [1.807, 2.05) is 25.2 Å². The molecular formula is C14H24N2O2. The molecular weight excluding hydrogens is 228 g/mol. The molecule has 0 aliphatic heterocycles. The van der Waals surface area contributed by atoms with E-state index in [0.29, 0.717) is 6.54 Å². The largest absolute Gasteiger partial charge is 0.496 e. The molecule has 0 aliphatic carbocycles. The van der Waals surface area contributed by atoms with E-state index in [1.54, 1.807) is 7.11 Å². The number of hydrogen-bond acceptors (Lipinski definition) is 4. The van der Waals surface area contributed by atoms with Gasteiger partial charge in [-0.3, -0.25) is 0 Å². The quantitative estimate of drug-likeness (QED) is 0.680. The molecule has 0 aliphatic rings. The van der Waals surface area contributed by atoms with E-state index in [4.69, 9.17) is 9.84 Å².